The van der Waals surface area contributed by atoms with E-state index >= 15 is 0 Å². The van der Waals surface area contributed by atoms with Crippen LogP contribution >= 0.6 is 11.8 Å². The number of hydrogen-bond donors (Lipinski definition) is 2. The van der Waals surface area contributed by atoms with Crippen LogP contribution in [0.4, 0.5) is 5.82 Å². The molecule has 0 fully saturated rings. The van der Waals surface area contributed by atoms with Gasteiger partial charge in [0.2, 0.25) is 0 Å². The number of nitrogens with zero attached hydrogens (tertiary/aromatic N) is 1. The van der Waals surface area contributed by atoms with E-state index in [1.165, 1.54) is 4.57 Å². The lowest BCUT2D eigenvalue weighted by Gasteiger charge is -2.29. The van der Waals surface area contributed by atoms with E-state index in [1.807, 2.05) is 48.7 Å². The van der Waals surface area contributed by atoms with Gasteiger partial charge in [0.25, 0.3) is 5.56 Å². The van der Waals surface area contributed by atoms with E-state index in [0.29, 0.717) is 28.2 Å². The predicted molar refractivity (Wildman–Crippen MR) is 114 cm³/mol. The maximum Gasteiger partial charge on any atom is 0.329 e. The Balaban J connectivity index is 1.83. The van der Waals surface area contributed by atoms with Crippen LogP contribution in [0.5, 0.6) is 0 Å². The molecule has 0 unspecified atom stereocenters. The summed E-state index contributed by atoms with van der Waals surface area (Å²) in [6.07, 6.45) is 1.99. The molecule has 2 heterocycles. The zero-order chi connectivity index (χ0) is 20.3. The summed E-state index contributed by atoms with van der Waals surface area (Å²) in [6.45, 7) is 0. The second-order valence-corrected chi connectivity index (χ2v) is 7.95. The number of carbonyl (C=O) groups excluding carboxylic acids is 1. The van der Waals surface area contributed by atoms with Gasteiger partial charge in [-0.1, -0.05) is 36.4 Å². The fraction of sp³-hybridized carbons (Fsp3) is 0.136. The molecule has 0 radical (unpaired) electrons. The van der Waals surface area contributed by atoms with Gasteiger partial charge in [0, 0.05) is 34.6 Å². The SMILES string of the molecule is CSc1ccc([C@H]2C3=C(Nc4c2c(=O)[nH]c(=O)n4C)c2ccccc2C3=O)cc1. The number of benzene rings is 2. The first kappa shape index (κ1) is 17.8. The molecule has 1 atom stereocenters. The van der Waals surface area contributed by atoms with E-state index in [4.69, 9.17) is 0 Å². The Bertz CT molecular complexity index is 1330. The Morgan fingerprint density at radius 3 is 2.34 bits per heavy atom. The number of hydrogen-bond acceptors (Lipinski definition) is 5. The van der Waals surface area contributed by atoms with Crippen LogP contribution in [0.2, 0.25) is 0 Å². The van der Waals surface area contributed by atoms with E-state index < -0.39 is 17.2 Å². The number of ketones is 1. The third-order valence-electron chi connectivity index (χ3n) is 5.59. The lowest BCUT2D eigenvalue weighted by atomic mass is 9.81. The summed E-state index contributed by atoms with van der Waals surface area (Å²) in [5, 5.41) is 3.22. The van der Waals surface area contributed by atoms with Gasteiger partial charge < -0.3 is 5.32 Å². The molecule has 6 nitrogen and oxygen atoms in total. The minimum absolute atomic E-state index is 0.0963. The molecular weight excluding hydrogens is 386 g/mol. The number of carbonyl (C=O) groups is 1. The van der Waals surface area contributed by atoms with Gasteiger partial charge in [-0.15, -0.1) is 11.8 Å². The minimum Gasteiger partial charge on any atom is -0.340 e. The number of thioether (sulfide) groups is 1. The Hall–Kier alpha value is -3.32. The molecule has 2 N–H and O–H groups in total. The van der Waals surface area contributed by atoms with Gasteiger partial charge >= 0.3 is 5.69 Å². The maximum atomic E-state index is 13.3. The molecule has 0 saturated heterocycles. The van der Waals surface area contributed by atoms with Crippen LogP contribution in [0.25, 0.3) is 5.70 Å². The van der Waals surface area contributed by atoms with E-state index in [2.05, 4.69) is 10.3 Å². The number of H-pyrrole nitrogens is 1. The third kappa shape index (κ3) is 2.47. The second-order valence-electron chi connectivity index (χ2n) is 7.08. The largest absolute Gasteiger partial charge is 0.340 e. The highest BCUT2D eigenvalue weighted by Gasteiger charge is 2.42. The smallest absolute Gasteiger partial charge is 0.329 e. The van der Waals surface area contributed by atoms with Crippen molar-refractivity contribution in [3.63, 3.8) is 0 Å². The van der Waals surface area contributed by atoms with Crippen LogP contribution in [0.1, 0.15) is 33.0 Å². The van der Waals surface area contributed by atoms with E-state index in [9.17, 15) is 14.4 Å². The fourth-order valence-electron chi connectivity index (χ4n) is 4.16. The number of rotatable bonds is 2. The Morgan fingerprint density at radius 1 is 0.966 bits per heavy atom. The molecular formula is C22H17N3O3S. The summed E-state index contributed by atoms with van der Waals surface area (Å²) in [5.74, 6) is -0.241. The molecule has 7 heteroatoms. The molecule has 1 aromatic heterocycles. The highest BCUT2D eigenvalue weighted by atomic mass is 32.2. The van der Waals surface area contributed by atoms with E-state index in [0.717, 1.165) is 16.0 Å². The first-order chi connectivity index (χ1) is 14.0. The van der Waals surface area contributed by atoms with Gasteiger partial charge in [0.15, 0.2) is 5.78 Å². The van der Waals surface area contributed by atoms with Crippen LogP contribution in [-0.4, -0.2) is 21.6 Å². The Labute approximate surface area is 170 Å². The summed E-state index contributed by atoms with van der Waals surface area (Å²) in [6, 6.07) is 15.2. The monoisotopic (exact) mass is 403 g/mol. The standard InChI is InChI=1S/C22H17N3O3S/c1-25-20-17(21(27)24-22(25)28)15(11-7-9-12(29-2)10-8-11)16-18(23-20)13-5-3-4-6-14(13)19(16)26/h3-10,15,23H,1-2H3,(H,24,27,28)/t15-/m0/s1. The summed E-state index contributed by atoms with van der Waals surface area (Å²) < 4.78 is 1.38. The molecule has 0 saturated carbocycles. The normalized spacial score (nSPS) is 16.9. The lowest BCUT2D eigenvalue weighted by Crippen LogP contribution is -2.37. The zero-order valence-electron chi connectivity index (χ0n) is 15.8. The van der Waals surface area contributed by atoms with Gasteiger partial charge in [-0.05, 0) is 24.0 Å². The van der Waals surface area contributed by atoms with Gasteiger partial charge in [-0.2, -0.15) is 0 Å². The highest BCUT2D eigenvalue weighted by Crippen LogP contribution is 2.47. The van der Waals surface area contributed by atoms with E-state index in [-0.39, 0.29) is 5.78 Å². The maximum absolute atomic E-state index is 13.3. The summed E-state index contributed by atoms with van der Waals surface area (Å²) in [5.41, 5.74) is 2.83. The Kier molecular flexibility index (Phi) is 3.89. The number of anilines is 1. The molecule has 0 amide bonds. The molecule has 5 rings (SSSR count). The predicted octanol–water partition coefficient (Wildman–Crippen LogP) is 2.96. The molecule has 1 aliphatic heterocycles. The number of Topliss-reactive ketones (excluding diaryl/α,β-unsaturated/α-hetero) is 1. The quantitative estimate of drug-likeness (QED) is 0.643. The van der Waals surface area contributed by atoms with Crippen LogP contribution < -0.4 is 16.6 Å². The molecule has 1 aliphatic carbocycles. The van der Waals surface area contributed by atoms with Crippen molar-refractivity contribution in [2.75, 3.05) is 11.6 Å². The number of fused-ring (bicyclic) bond motifs is 3. The van der Waals surface area contributed by atoms with Gasteiger partial charge in [0.1, 0.15) is 5.82 Å². The van der Waals surface area contributed by atoms with Crippen molar-refractivity contribution < 1.29 is 4.79 Å². The van der Waals surface area contributed by atoms with Crippen LogP contribution in [-0.2, 0) is 7.05 Å². The lowest BCUT2D eigenvalue weighted by molar-refractivity contribution is 0.103. The summed E-state index contributed by atoms with van der Waals surface area (Å²) in [7, 11) is 1.60. The minimum atomic E-state index is -0.562. The first-order valence-electron chi connectivity index (χ1n) is 9.13. The van der Waals surface area contributed by atoms with Crippen LogP contribution in [0, 0.1) is 0 Å². The molecule has 3 aromatic rings. The fourth-order valence-corrected chi connectivity index (χ4v) is 4.57. The Morgan fingerprint density at radius 2 is 1.66 bits per heavy atom. The first-order valence-corrected chi connectivity index (χ1v) is 10.4. The molecule has 0 spiro atoms. The van der Waals surface area contributed by atoms with Crippen molar-refractivity contribution in [3.8, 4) is 0 Å². The molecule has 29 heavy (non-hydrogen) atoms. The van der Waals surface area contributed by atoms with Gasteiger partial charge in [-0.3, -0.25) is 19.1 Å². The highest BCUT2D eigenvalue weighted by molar-refractivity contribution is 7.98. The summed E-state index contributed by atoms with van der Waals surface area (Å²) in [4.78, 5) is 41.9. The third-order valence-corrected chi connectivity index (χ3v) is 6.33. The number of allylic oxidation sites excluding steroid dienone is 1. The van der Waals surface area contributed by atoms with Crippen molar-refractivity contribution in [1.82, 2.24) is 9.55 Å². The number of aromatic amines is 1. The van der Waals surface area contributed by atoms with Crippen molar-refractivity contribution in [2.45, 2.75) is 10.8 Å². The molecule has 2 aliphatic rings. The molecule has 2 aromatic carbocycles. The average Bonchev–Trinajstić information content (AvgIpc) is 3.03. The van der Waals surface area contributed by atoms with Crippen LogP contribution in [0.3, 0.4) is 0 Å². The molecule has 0 bridgehead atoms. The van der Waals surface area contributed by atoms with E-state index in [1.54, 1.807) is 24.9 Å². The van der Waals surface area contributed by atoms with Crippen molar-refractivity contribution in [1.29, 1.82) is 0 Å². The van der Waals surface area contributed by atoms with Gasteiger partial charge in [0.05, 0.1) is 11.3 Å². The number of nitrogens with one attached hydrogen (secondary N) is 2. The van der Waals surface area contributed by atoms with Crippen molar-refractivity contribution >= 4 is 29.1 Å². The van der Waals surface area contributed by atoms with Crippen molar-refractivity contribution in [2.24, 2.45) is 7.05 Å². The van der Waals surface area contributed by atoms with Crippen molar-refractivity contribution in [3.05, 3.63) is 97.2 Å². The number of aromatic nitrogens is 2. The second kappa shape index (κ2) is 6.35. The summed E-state index contributed by atoms with van der Waals surface area (Å²) >= 11 is 1.62. The average molecular weight is 403 g/mol. The topological polar surface area (TPSA) is 84.0 Å². The van der Waals surface area contributed by atoms with Gasteiger partial charge in [-0.25, -0.2) is 4.79 Å². The zero-order valence-corrected chi connectivity index (χ0v) is 16.6. The molecule has 144 valence electrons. The van der Waals surface area contributed by atoms with Crippen LogP contribution in [0.15, 0.2) is 68.6 Å².